The molecule has 0 unspecified atom stereocenters. The van der Waals surface area contributed by atoms with Gasteiger partial charge in [0.25, 0.3) is 5.91 Å². The van der Waals surface area contributed by atoms with Crippen LogP contribution in [0.2, 0.25) is 0 Å². The normalized spacial score (nSPS) is 16.5. The zero-order chi connectivity index (χ0) is 22.2. The van der Waals surface area contributed by atoms with Gasteiger partial charge in [-0.05, 0) is 78.7 Å². The van der Waals surface area contributed by atoms with Crippen molar-refractivity contribution in [2.24, 2.45) is 0 Å². The minimum Gasteiger partial charge on any atom is -0.383 e. The van der Waals surface area contributed by atoms with Gasteiger partial charge in [0.05, 0.1) is 5.56 Å². The van der Waals surface area contributed by atoms with E-state index in [9.17, 15) is 13.6 Å². The van der Waals surface area contributed by atoms with Crippen LogP contribution >= 0.6 is 0 Å². The largest absolute Gasteiger partial charge is 0.383 e. The summed E-state index contributed by atoms with van der Waals surface area (Å²) < 4.78 is 29.5. The van der Waals surface area contributed by atoms with Crippen LogP contribution in [0.1, 0.15) is 40.2 Å². The quantitative estimate of drug-likeness (QED) is 0.544. The predicted octanol–water partition coefficient (Wildman–Crippen LogP) is 4.03. The number of hydrogen-bond donors (Lipinski definition) is 3. The molecule has 5 nitrogen and oxygen atoms in total. The topological polar surface area (TPSA) is 80.0 Å². The Morgan fingerprint density at radius 2 is 1.69 bits per heavy atom. The number of benzene rings is 2. The molecular formula is C25H24F2N4O. The molecule has 2 aliphatic rings. The molecule has 3 heterocycles. The van der Waals surface area contributed by atoms with Gasteiger partial charge in [-0.2, -0.15) is 4.39 Å². The standard InChI is InChI=1S/C25H24F2N4O/c26-21-12-18(11-17-7-10-30-25(32)22(17)21)20-13-19(23(27)31-24(20)28)16-3-1-14(2-4-16)15-5-8-29-9-6-15/h1-4,11-13,15,29H,5-10H2,(H2,28,31)(H,30,32). The van der Waals surface area contributed by atoms with Crippen LogP contribution in [0.15, 0.2) is 42.5 Å². The van der Waals surface area contributed by atoms with Gasteiger partial charge >= 0.3 is 0 Å². The number of nitrogen functional groups attached to an aromatic ring is 1. The van der Waals surface area contributed by atoms with Crippen molar-refractivity contribution in [3.8, 4) is 22.3 Å². The molecule has 4 N–H and O–H groups in total. The summed E-state index contributed by atoms with van der Waals surface area (Å²) in [7, 11) is 0. The van der Waals surface area contributed by atoms with Crippen molar-refractivity contribution in [1.29, 1.82) is 0 Å². The van der Waals surface area contributed by atoms with E-state index in [1.807, 2.05) is 24.3 Å². The van der Waals surface area contributed by atoms with Gasteiger partial charge in [-0.25, -0.2) is 9.37 Å². The van der Waals surface area contributed by atoms with E-state index < -0.39 is 17.7 Å². The Morgan fingerprint density at radius 1 is 0.938 bits per heavy atom. The molecular weight excluding hydrogens is 410 g/mol. The minimum atomic E-state index is -0.668. The first kappa shape index (κ1) is 20.6. The third kappa shape index (κ3) is 3.73. The number of rotatable bonds is 3. The molecule has 0 aliphatic carbocycles. The lowest BCUT2D eigenvalue weighted by Gasteiger charge is -2.23. The van der Waals surface area contributed by atoms with Crippen LogP contribution < -0.4 is 16.4 Å². The van der Waals surface area contributed by atoms with E-state index in [1.165, 1.54) is 11.6 Å². The number of nitrogens with two attached hydrogens (primary N) is 1. The number of amides is 1. The van der Waals surface area contributed by atoms with E-state index in [2.05, 4.69) is 15.6 Å². The fourth-order valence-corrected chi connectivity index (χ4v) is 4.70. The number of anilines is 1. The number of fused-ring (bicyclic) bond motifs is 1. The summed E-state index contributed by atoms with van der Waals surface area (Å²) in [5, 5.41) is 6.01. The van der Waals surface area contributed by atoms with Crippen molar-refractivity contribution in [2.45, 2.75) is 25.2 Å². The highest BCUT2D eigenvalue weighted by atomic mass is 19.1. The third-order valence-electron chi connectivity index (χ3n) is 6.43. The van der Waals surface area contributed by atoms with Gasteiger partial charge in [0.1, 0.15) is 11.6 Å². The van der Waals surface area contributed by atoms with E-state index in [0.29, 0.717) is 46.7 Å². The second-order valence-corrected chi connectivity index (χ2v) is 8.40. The lowest BCUT2D eigenvalue weighted by molar-refractivity contribution is 0.0941. The maximum Gasteiger partial charge on any atom is 0.254 e. The molecule has 2 aliphatic heterocycles. The summed E-state index contributed by atoms with van der Waals surface area (Å²) in [6, 6.07) is 12.5. The van der Waals surface area contributed by atoms with Crippen LogP contribution in [0.5, 0.6) is 0 Å². The number of carbonyl (C=O) groups excluding carboxylic acids is 1. The van der Waals surface area contributed by atoms with E-state index >= 15 is 0 Å². The highest BCUT2D eigenvalue weighted by molar-refractivity contribution is 5.98. The molecule has 0 atom stereocenters. The van der Waals surface area contributed by atoms with Crippen LogP contribution in [0.3, 0.4) is 0 Å². The van der Waals surface area contributed by atoms with Gasteiger partial charge in [-0.15, -0.1) is 0 Å². The van der Waals surface area contributed by atoms with Crippen LogP contribution in [0.4, 0.5) is 14.6 Å². The highest BCUT2D eigenvalue weighted by Crippen LogP contribution is 2.35. The monoisotopic (exact) mass is 434 g/mol. The van der Waals surface area contributed by atoms with Crippen LogP contribution in [-0.2, 0) is 6.42 Å². The number of nitrogens with zero attached hydrogens (tertiary/aromatic N) is 1. The van der Waals surface area contributed by atoms with Gasteiger partial charge in [0.2, 0.25) is 5.95 Å². The first-order chi connectivity index (χ1) is 15.5. The Morgan fingerprint density at radius 3 is 2.44 bits per heavy atom. The molecule has 164 valence electrons. The Labute approximate surface area is 185 Å². The molecule has 1 aromatic heterocycles. The molecule has 0 spiro atoms. The van der Waals surface area contributed by atoms with E-state index in [4.69, 9.17) is 5.73 Å². The van der Waals surface area contributed by atoms with Gasteiger partial charge in [-0.3, -0.25) is 4.79 Å². The minimum absolute atomic E-state index is 0.0165. The van der Waals surface area contributed by atoms with Crippen LogP contribution in [0, 0.1) is 11.8 Å². The van der Waals surface area contributed by atoms with E-state index in [-0.39, 0.29) is 11.4 Å². The SMILES string of the molecule is Nc1nc(F)c(-c2ccc(C3CCNCC3)cc2)cc1-c1cc(F)c2c(c1)CCNC2=O. The van der Waals surface area contributed by atoms with Crippen LogP contribution in [0.25, 0.3) is 22.3 Å². The number of carbonyl (C=O) groups is 1. The summed E-state index contributed by atoms with van der Waals surface area (Å²) in [6.45, 7) is 2.46. The fraction of sp³-hybridized carbons (Fsp3) is 0.280. The number of pyridine rings is 1. The van der Waals surface area contributed by atoms with Crippen molar-refractivity contribution >= 4 is 11.7 Å². The smallest absolute Gasteiger partial charge is 0.254 e. The first-order valence-corrected chi connectivity index (χ1v) is 10.9. The average molecular weight is 434 g/mol. The molecule has 5 rings (SSSR count). The molecule has 32 heavy (non-hydrogen) atoms. The summed E-state index contributed by atoms with van der Waals surface area (Å²) in [5.74, 6) is -1.22. The zero-order valence-corrected chi connectivity index (χ0v) is 17.6. The first-order valence-electron chi connectivity index (χ1n) is 10.9. The third-order valence-corrected chi connectivity index (χ3v) is 6.43. The van der Waals surface area contributed by atoms with Crippen LogP contribution in [-0.4, -0.2) is 30.5 Å². The van der Waals surface area contributed by atoms with Crippen molar-refractivity contribution in [1.82, 2.24) is 15.6 Å². The second kappa shape index (κ2) is 8.31. The lowest BCUT2D eigenvalue weighted by Crippen LogP contribution is -2.32. The lowest BCUT2D eigenvalue weighted by atomic mass is 9.89. The van der Waals surface area contributed by atoms with Crippen molar-refractivity contribution < 1.29 is 13.6 Å². The molecule has 1 amide bonds. The molecule has 2 aromatic carbocycles. The molecule has 0 bridgehead atoms. The van der Waals surface area contributed by atoms with Gasteiger partial charge < -0.3 is 16.4 Å². The number of nitrogens with one attached hydrogen (secondary N) is 2. The van der Waals surface area contributed by atoms with Gasteiger partial charge in [-0.1, -0.05) is 24.3 Å². The maximum atomic E-state index is 14.8. The predicted molar refractivity (Wildman–Crippen MR) is 120 cm³/mol. The average Bonchev–Trinajstić information content (AvgIpc) is 2.80. The number of aromatic nitrogens is 1. The molecule has 1 saturated heterocycles. The zero-order valence-electron chi connectivity index (χ0n) is 17.6. The number of hydrogen-bond acceptors (Lipinski definition) is 4. The van der Waals surface area contributed by atoms with Crippen molar-refractivity contribution in [3.63, 3.8) is 0 Å². The summed E-state index contributed by atoms with van der Waals surface area (Å²) >= 11 is 0. The molecule has 0 saturated carbocycles. The summed E-state index contributed by atoms with van der Waals surface area (Å²) in [6.07, 6.45) is 2.69. The highest BCUT2D eigenvalue weighted by Gasteiger charge is 2.23. The maximum absolute atomic E-state index is 14.8. The Kier molecular flexibility index (Phi) is 5.35. The van der Waals surface area contributed by atoms with Crippen molar-refractivity contribution in [2.75, 3.05) is 25.4 Å². The Hall–Kier alpha value is -3.32. The summed E-state index contributed by atoms with van der Waals surface area (Å²) in [4.78, 5) is 15.9. The Balaban J connectivity index is 1.53. The Bertz CT molecular complexity index is 1190. The summed E-state index contributed by atoms with van der Waals surface area (Å²) in [5.41, 5.74) is 9.85. The molecule has 0 radical (unpaired) electrons. The van der Waals surface area contributed by atoms with Crippen molar-refractivity contribution in [3.05, 3.63) is 70.9 Å². The number of halogens is 2. The molecule has 1 fully saturated rings. The molecule has 7 heteroatoms. The van der Waals surface area contributed by atoms with E-state index in [1.54, 1.807) is 12.1 Å². The van der Waals surface area contributed by atoms with E-state index in [0.717, 1.165) is 25.9 Å². The van der Waals surface area contributed by atoms with Gasteiger partial charge in [0, 0.05) is 17.7 Å². The molecule has 3 aromatic rings. The second-order valence-electron chi connectivity index (χ2n) is 8.40. The fourth-order valence-electron chi connectivity index (χ4n) is 4.70. The number of piperidine rings is 1. The van der Waals surface area contributed by atoms with Gasteiger partial charge in [0.15, 0.2) is 0 Å².